The van der Waals surface area contributed by atoms with Crippen LogP contribution in [0.1, 0.15) is 68.3 Å². The summed E-state index contributed by atoms with van der Waals surface area (Å²) in [5, 5.41) is 6.79. The van der Waals surface area contributed by atoms with Crippen molar-refractivity contribution in [1.29, 1.82) is 0 Å². The highest BCUT2D eigenvalue weighted by atomic mass is 32.1. The second kappa shape index (κ2) is 9.71. The van der Waals surface area contributed by atoms with E-state index < -0.39 is 29.6 Å². The maximum absolute atomic E-state index is 14.1. The summed E-state index contributed by atoms with van der Waals surface area (Å²) in [5.74, 6) is -2.35. The van der Waals surface area contributed by atoms with Crippen LogP contribution >= 0.6 is 11.3 Å². The maximum atomic E-state index is 14.1. The molecule has 4 heterocycles. The predicted molar refractivity (Wildman–Crippen MR) is 134 cm³/mol. The summed E-state index contributed by atoms with van der Waals surface area (Å²) < 4.78 is 28.3. The normalized spacial score (nSPS) is 19.5. The van der Waals surface area contributed by atoms with E-state index in [0.717, 1.165) is 9.91 Å². The number of imide groups is 1. The molecule has 194 valence electrons. The highest BCUT2D eigenvalue weighted by Crippen LogP contribution is 2.35. The number of rotatable bonds is 5. The van der Waals surface area contributed by atoms with Gasteiger partial charge in [-0.15, -0.1) is 11.3 Å². The SMILES string of the molecule is O=C(CN1C(=O)c2ccccc2C1=O)N1CCC(c2nc(C3=NOC(c4c(F)cccc4F)C3)cs2)CC1. The average Bonchev–Trinajstić information content (AvgIpc) is 3.65. The molecule has 1 saturated heterocycles. The van der Waals surface area contributed by atoms with Crippen LogP contribution in [0.4, 0.5) is 8.78 Å². The Bertz CT molecular complexity index is 1430. The van der Waals surface area contributed by atoms with Gasteiger partial charge in [0.1, 0.15) is 23.9 Å². The number of hydrogen-bond donors (Lipinski definition) is 0. The van der Waals surface area contributed by atoms with E-state index in [9.17, 15) is 23.2 Å². The Hall–Kier alpha value is -3.99. The van der Waals surface area contributed by atoms with Crippen LogP contribution in [-0.4, -0.2) is 57.9 Å². The molecule has 3 amide bonds. The van der Waals surface area contributed by atoms with Gasteiger partial charge < -0.3 is 9.74 Å². The number of halogens is 2. The lowest BCUT2D eigenvalue weighted by Crippen LogP contribution is -2.45. The first kappa shape index (κ1) is 24.4. The number of thiazole rings is 1. The molecule has 38 heavy (non-hydrogen) atoms. The van der Waals surface area contributed by atoms with Crippen molar-refractivity contribution in [1.82, 2.24) is 14.8 Å². The van der Waals surface area contributed by atoms with Crippen molar-refractivity contribution in [3.05, 3.63) is 86.9 Å². The lowest BCUT2D eigenvalue weighted by Gasteiger charge is -2.32. The number of oxime groups is 1. The minimum absolute atomic E-state index is 0.139. The van der Waals surface area contributed by atoms with Crippen molar-refractivity contribution in [2.24, 2.45) is 5.16 Å². The number of nitrogens with zero attached hydrogens (tertiary/aromatic N) is 4. The zero-order valence-electron chi connectivity index (χ0n) is 20.1. The molecule has 0 spiro atoms. The molecule has 0 bridgehead atoms. The summed E-state index contributed by atoms with van der Waals surface area (Å²) in [6.07, 6.45) is 0.749. The van der Waals surface area contributed by atoms with Crippen molar-refractivity contribution in [3.63, 3.8) is 0 Å². The van der Waals surface area contributed by atoms with Crippen molar-refractivity contribution in [3.8, 4) is 0 Å². The summed E-state index contributed by atoms with van der Waals surface area (Å²) in [5.41, 5.74) is 1.67. The van der Waals surface area contributed by atoms with Crippen LogP contribution in [0.25, 0.3) is 0 Å². The standard InChI is InChI=1S/C27H22F2N4O4S/c28-18-6-3-7-19(29)24(18)22-12-20(31-37-22)21-14-38-25(30-21)15-8-10-32(11-9-15)23(34)13-33-26(35)16-4-1-2-5-17(16)27(33)36/h1-7,14-15,22H,8-13H2. The maximum Gasteiger partial charge on any atom is 0.262 e. The first-order chi connectivity index (χ1) is 18.4. The molecule has 2 aromatic carbocycles. The molecule has 6 rings (SSSR count). The van der Waals surface area contributed by atoms with E-state index >= 15 is 0 Å². The number of aromatic nitrogens is 1. The van der Waals surface area contributed by atoms with Crippen LogP contribution < -0.4 is 0 Å². The van der Waals surface area contributed by atoms with Gasteiger partial charge in [-0.3, -0.25) is 19.3 Å². The van der Waals surface area contributed by atoms with E-state index in [-0.39, 0.29) is 30.4 Å². The molecule has 0 N–H and O–H groups in total. The molecule has 3 aliphatic rings. The van der Waals surface area contributed by atoms with Gasteiger partial charge in [-0.1, -0.05) is 23.4 Å². The van der Waals surface area contributed by atoms with E-state index in [1.54, 1.807) is 29.2 Å². The number of piperidine rings is 1. The molecular formula is C27H22F2N4O4S. The van der Waals surface area contributed by atoms with Crippen LogP contribution in [-0.2, 0) is 9.63 Å². The van der Waals surface area contributed by atoms with Crippen LogP contribution in [0.2, 0.25) is 0 Å². The molecule has 1 fully saturated rings. The van der Waals surface area contributed by atoms with Gasteiger partial charge in [-0.25, -0.2) is 13.8 Å². The molecule has 3 aromatic rings. The van der Waals surface area contributed by atoms with Crippen molar-refractivity contribution < 1.29 is 28.0 Å². The van der Waals surface area contributed by atoms with Crippen LogP contribution in [0.5, 0.6) is 0 Å². The zero-order chi connectivity index (χ0) is 26.4. The summed E-state index contributed by atoms with van der Waals surface area (Å²) in [7, 11) is 0. The van der Waals surface area contributed by atoms with Gasteiger partial charge in [0, 0.05) is 30.8 Å². The van der Waals surface area contributed by atoms with Gasteiger partial charge in [0.15, 0.2) is 6.10 Å². The monoisotopic (exact) mass is 536 g/mol. The largest absolute Gasteiger partial charge is 0.387 e. The Morgan fingerprint density at radius 3 is 2.32 bits per heavy atom. The van der Waals surface area contributed by atoms with Crippen molar-refractivity contribution in [2.45, 2.75) is 31.3 Å². The first-order valence-electron chi connectivity index (χ1n) is 12.3. The van der Waals surface area contributed by atoms with Crippen LogP contribution in [0, 0.1) is 11.6 Å². The second-order valence-electron chi connectivity index (χ2n) is 9.44. The van der Waals surface area contributed by atoms with Crippen LogP contribution in [0.3, 0.4) is 0 Å². The topological polar surface area (TPSA) is 92.2 Å². The summed E-state index contributed by atoms with van der Waals surface area (Å²) in [6.45, 7) is 0.697. The molecule has 0 aliphatic carbocycles. The van der Waals surface area contributed by atoms with E-state index in [2.05, 4.69) is 5.16 Å². The van der Waals surface area contributed by atoms with Gasteiger partial charge in [0.2, 0.25) is 5.91 Å². The highest BCUT2D eigenvalue weighted by Gasteiger charge is 2.38. The smallest absolute Gasteiger partial charge is 0.262 e. The minimum Gasteiger partial charge on any atom is -0.387 e. The molecule has 3 aliphatic heterocycles. The zero-order valence-corrected chi connectivity index (χ0v) is 20.9. The Morgan fingerprint density at radius 1 is 1.00 bits per heavy atom. The van der Waals surface area contributed by atoms with Gasteiger partial charge in [0.05, 0.1) is 27.4 Å². The highest BCUT2D eigenvalue weighted by molar-refractivity contribution is 7.10. The molecule has 1 unspecified atom stereocenters. The number of fused-ring (bicyclic) bond motifs is 1. The Balaban J connectivity index is 1.04. The fourth-order valence-electron chi connectivity index (χ4n) is 5.10. The fraction of sp³-hybridized carbons (Fsp3) is 0.296. The quantitative estimate of drug-likeness (QED) is 0.454. The van der Waals surface area contributed by atoms with E-state index in [1.807, 2.05) is 5.38 Å². The third-order valence-corrected chi connectivity index (χ3v) is 8.18. The van der Waals surface area contributed by atoms with Gasteiger partial charge in [-0.2, -0.15) is 0 Å². The van der Waals surface area contributed by atoms with Crippen molar-refractivity contribution in [2.75, 3.05) is 19.6 Å². The van der Waals surface area contributed by atoms with Gasteiger partial charge in [-0.05, 0) is 37.1 Å². The first-order valence-corrected chi connectivity index (χ1v) is 13.1. The number of likely N-dealkylation sites (tertiary alicyclic amines) is 1. The Kier molecular flexibility index (Phi) is 6.22. The van der Waals surface area contributed by atoms with Gasteiger partial charge >= 0.3 is 0 Å². The lowest BCUT2D eigenvalue weighted by atomic mass is 9.97. The van der Waals surface area contributed by atoms with E-state index in [1.165, 1.54) is 29.5 Å². The molecule has 8 nitrogen and oxygen atoms in total. The summed E-state index contributed by atoms with van der Waals surface area (Å²) in [4.78, 5) is 50.8. The summed E-state index contributed by atoms with van der Waals surface area (Å²) >= 11 is 1.48. The lowest BCUT2D eigenvalue weighted by molar-refractivity contribution is -0.132. The predicted octanol–water partition coefficient (Wildman–Crippen LogP) is 4.29. The van der Waals surface area contributed by atoms with E-state index in [0.29, 0.717) is 48.5 Å². The third-order valence-electron chi connectivity index (χ3n) is 7.18. The van der Waals surface area contributed by atoms with Crippen molar-refractivity contribution >= 4 is 34.8 Å². The second-order valence-corrected chi connectivity index (χ2v) is 10.3. The molecule has 0 radical (unpaired) electrons. The number of benzene rings is 2. The molecular weight excluding hydrogens is 514 g/mol. The Labute approximate surface area is 220 Å². The number of carbonyl (C=O) groups excluding carboxylic acids is 3. The Morgan fingerprint density at radius 2 is 1.66 bits per heavy atom. The molecule has 11 heteroatoms. The van der Waals surface area contributed by atoms with E-state index in [4.69, 9.17) is 9.82 Å². The number of amides is 3. The minimum atomic E-state index is -0.840. The van der Waals surface area contributed by atoms with Crippen LogP contribution in [0.15, 0.2) is 53.0 Å². The number of hydrogen-bond acceptors (Lipinski definition) is 7. The number of carbonyl (C=O) groups is 3. The summed E-state index contributed by atoms with van der Waals surface area (Å²) in [6, 6.07) is 10.3. The third kappa shape index (κ3) is 4.26. The molecule has 1 aromatic heterocycles. The average molecular weight is 537 g/mol. The molecule has 1 atom stereocenters. The molecule has 0 saturated carbocycles. The fourth-order valence-corrected chi connectivity index (χ4v) is 6.10. The van der Waals surface area contributed by atoms with Gasteiger partial charge in [0.25, 0.3) is 11.8 Å².